The van der Waals surface area contributed by atoms with E-state index in [4.69, 9.17) is 4.74 Å². The molecule has 2 atom stereocenters. The van der Waals surface area contributed by atoms with E-state index in [1.165, 1.54) is 17.7 Å². The first-order chi connectivity index (χ1) is 11.0. The standard InChI is InChI=1S/C18H28N2O2S/c1-13(2)11-15(16-5-4-10-23-16)19-17(21)20-8-9-22-18(3,12-20)14-6-7-14/h4-5,10,13-15H,6-9,11-12H2,1-3H3,(H,19,21). The van der Waals surface area contributed by atoms with Gasteiger partial charge in [-0.2, -0.15) is 0 Å². The van der Waals surface area contributed by atoms with Gasteiger partial charge in [0, 0.05) is 11.4 Å². The van der Waals surface area contributed by atoms with Gasteiger partial charge in [0.15, 0.2) is 0 Å². The number of morpholine rings is 1. The molecule has 0 radical (unpaired) electrons. The van der Waals surface area contributed by atoms with Crippen LogP contribution in [0.1, 0.15) is 51.0 Å². The first-order valence-corrected chi connectivity index (χ1v) is 9.59. The van der Waals surface area contributed by atoms with E-state index in [-0.39, 0.29) is 17.7 Å². The van der Waals surface area contributed by atoms with Crippen molar-refractivity contribution in [3.05, 3.63) is 22.4 Å². The third-order valence-electron chi connectivity index (χ3n) is 4.92. The lowest BCUT2D eigenvalue weighted by atomic mass is 9.98. The van der Waals surface area contributed by atoms with Crippen LogP contribution in [0.5, 0.6) is 0 Å². The number of carbonyl (C=O) groups is 1. The number of carbonyl (C=O) groups excluding carboxylic acids is 1. The van der Waals surface area contributed by atoms with Gasteiger partial charge >= 0.3 is 6.03 Å². The van der Waals surface area contributed by atoms with Gasteiger partial charge in [-0.15, -0.1) is 11.3 Å². The molecule has 4 nitrogen and oxygen atoms in total. The number of nitrogens with zero attached hydrogens (tertiary/aromatic N) is 1. The fraction of sp³-hybridized carbons (Fsp3) is 0.722. The van der Waals surface area contributed by atoms with E-state index < -0.39 is 0 Å². The second-order valence-electron chi connectivity index (χ2n) is 7.50. The van der Waals surface area contributed by atoms with Gasteiger partial charge in [-0.25, -0.2) is 4.79 Å². The van der Waals surface area contributed by atoms with Crippen LogP contribution in [0.15, 0.2) is 17.5 Å². The molecule has 3 rings (SSSR count). The summed E-state index contributed by atoms with van der Waals surface area (Å²) in [6.07, 6.45) is 3.44. The van der Waals surface area contributed by atoms with Crippen molar-refractivity contribution in [3.8, 4) is 0 Å². The molecule has 23 heavy (non-hydrogen) atoms. The average molecular weight is 337 g/mol. The first-order valence-electron chi connectivity index (χ1n) is 8.71. The third kappa shape index (κ3) is 4.07. The quantitative estimate of drug-likeness (QED) is 0.881. The highest BCUT2D eigenvalue weighted by Crippen LogP contribution is 2.43. The molecule has 2 amide bonds. The lowest BCUT2D eigenvalue weighted by molar-refractivity contribution is -0.0990. The highest BCUT2D eigenvalue weighted by atomic mass is 32.1. The molecule has 2 fully saturated rings. The van der Waals surface area contributed by atoms with Crippen LogP contribution in [0.3, 0.4) is 0 Å². The van der Waals surface area contributed by atoms with Crippen molar-refractivity contribution in [3.63, 3.8) is 0 Å². The van der Waals surface area contributed by atoms with E-state index in [2.05, 4.69) is 43.6 Å². The molecule has 128 valence electrons. The summed E-state index contributed by atoms with van der Waals surface area (Å²) in [5.41, 5.74) is -0.147. The number of amides is 2. The smallest absolute Gasteiger partial charge is 0.318 e. The van der Waals surface area contributed by atoms with Gasteiger partial charge in [-0.05, 0) is 49.5 Å². The van der Waals surface area contributed by atoms with Crippen LogP contribution in [-0.2, 0) is 4.74 Å². The fourth-order valence-corrected chi connectivity index (χ4v) is 4.25. The number of ether oxygens (including phenoxy) is 1. The summed E-state index contributed by atoms with van der Waals surface area (Å²) in [4.78, 5) is 16.0. The Morgan fingerprint density at radius 3 is 2.91 bits per heavy atom. The average Bonchev–Trinajstić information content (AvgIpc) is 3.23. The van der Waals surface area contributed by atoms with Crippen molar-refractivity contribution < 1.29 is 9.53 Å². The van der Waals surface area contributed by atoms with Crippen molar-refractivity contribution in [2.45, 2.75) is 51.7 Å². The first kappa shape index (κ1) is 16.8. The predicted octanol–water partition coefficient (Wildman–Crippen LogP) is 4.05. The molecule has 1 aliphatic carbocycles. The van der Waals surface area contributed by atoms with Crippen LogP contribution in [0.2, 0.25) is 0 Å². The zero-order valence-corrected chi connectivity index (χ0v) is 15.2. The summed E-state index contributed by atoms with van der Waals surface area (Å²) in [6.45, 7) is 8.61. The Bertz CT molecular complexity index is 527. The lowest BCUT2D eigenvalue weighted by Gasteiger charge is -2.41. The highest BCUT2D eigenvalue weighted by Gasteiger charge is 2.46. The summed E-state index contributed by atoms with van der Waals surface area (Å²) in [6, 6.07) is 4.33. The normalized spacial score (nSPS) is 26.3. The number of thiophene rings is 1. The Morgan fingerprint density at radius 2 is 2.30 bits per heavy atom. The maximum atomic E-state index is 12.8. The van der Waals surface area contributed by atoms with E-state index in [1.54, 1.807) is 11.3 Å². The highest BCUT2D eigenvalue weighted by molar-refractivity contribution is 7.10. The maximum Gasteiger partial charge on any atom is 0.318 e. The number of rotatable bonds is 5. The van der Waals surface area contributed by atoms with Crippen LogP contribution in [0.4, 0.5) is 4.79 Å². The summed E-state index contributed by atoms with van der Waals surface area (Å²) < 4.78 is 5.99. The van der Waals surface area contributed by atoms with E-state index in [0.717, 1.165) is 6.42 Å². The lowest BCUT2D eigenvalue weighted by Crippen LogP contribution is -2.56. The van der Waals surface area contributed by atoms with E-state index in [9.17, 15) is 4.79 Å². The monoisotopic (exact) mass is 336 g/mol. The van der Waals surface area contributed by atoms with Crippen molar-refractivity contribution in [2.24, 2.45) is 11.8 Å². The van der Waals surface area contributed by atoms with Gasteiger partial charge < -0.3 is 15.0 Å². The predicted molar refractivity (Wildman–Crippen MR) is 93.7 cm³/mol. The molecule has 1 N–H and O–H groups in total. The topological polar surface area (TPSA) is 41.6 Å². The number of nitrogens with one attached hydrogen (secondary N) is 1. The molecule has 1 aliphatic heterocycles. The van der Waals surface area contributed by atoms with E-state index in [1.807, 2.05) is 4.90 Å². The van der Waals surface area contributed by atoms with Gasteiger partial charge in [-0.1, -0.05) is 19.9 Å². The summed E-state index contributed by atoms with van der Waals surface area (Å²) >= 11 is 1.72. The van der Waals surface area contributed by atoms with Gasteiger partial charge in [-0.3, -0.25) is 0 Å². The van der Waals surface area contributed by atoms with Crippen molar-refractivity contribution in [1.29, 1.82) is 0 Å². The van der Waals surface area contributed by atoms with Crippen molar-refractivity contribution >= 4 is 17.4 Å². The molecule has 1 aromatic heterocycles. The number of hydrogen-bond donors (Lipinski definition) is 1. The van der Waals surface area contributed by atoms with Crippen molar-refractivity contribution in [2.75, 3.05) is 19.7 Å². The Hall–Kier alpha value is -1.07. The minimum absolute atomic E-state index is 0.0548. The minimum atomic E-state index is -0.147. The molecule has 1 saturated heterocycles. The molecule has 0 spiro atoms. The van der Waals surface area contributed by atoms with Gasteiger partial charge in [0.25, 0.3) is 0 Å². The molecule has 2 aliphatic rings. The zero-order valence-electron chi connectivity index (χ0n) is 14.4. The van der Waals surface area contributed by atoms with Gasteiger partial charge in [0.1, 0.15) is 0 Å². The van der Waals surface area contributed by atoms with Crippen LogP contribution in [-0.4, -0.2) is 36.2 Å². The van der Waals surface area contributed by atoms with Crippen molar-refractivity contribution in [1.82, 2.24) is 10.2 Å². The summed E-state index contributed by atoms with van der Waals surface area (Å²) in [5.74, 6) is 1.17. The summed E-state index contributed by atoms with van der Waals surface area (Å²) in [7, 11) is 0. The Balaban J connectivity index is 1.64. The van der Waals surface area contributed by atoms with Gasteiger partial charge in [0.05, 0.1) is 24.8 Å². The van der Waals surface area contributed by atoms with Crippen LogP contribution in [0.25, 0.3) is 0 Å². The SMILES string of the molecule is CC(C)CC(NC(=O)N1CCOC(C)(C2CC2)C1)c1cccs1. The molecule has 1 saturated carbocycles. The fourth-order valence-electron chi connectivity index (χ4n) is 3.45. The van der Waals surface area contributed by atoms with Crippen LogP contribution in [0, 0.1) is 11.8 Å². The van der Waals surface area contributed by atoms with Gasteiger partial charge in [0.2, 0.25) is 0 Å². The Kier molecular flexibility index (Phi) is 4.97. The third-order valence-corrected chi connectivity index (χ3v) is 5.90. The Morgan fingerprint density at radius 1 is 1.52 bits per heavy atom. The zero-order chi connectivity index (χ0) is 16.4. The number of hydrogen-bond acceptors (Lipinski definition) is 3. The summed E-state index contributed by atoms with van der Waals surface area (Å²) in [5, 5.41) is 5.34. The second-order valence-corrected chi connectivity index (χ2v) is 8.48. The largest absolute Gasteiger partial charge is 0.371 e. The molecule has 2 heterocycles. The Labute approximate surface area is 143 Å². The molecular weight excluding hydrogens is 308 g/mol. The van der Waals surface area contributed by atoms with Crippen LogP contribution < -0.4 is 5.32 Å². The van der Waals surface area contributed by atoms with E-state index >= 15 is 0 Å². The molecule has 0 bridgehead atoms. The maximum absolute atomic E-state index is 12.8. The van der Waals surface area contributed by atoms with E-state index in [0.29, 0.717) is 31.5 Å². The molecule has 2 unspecified atom stereocenters. The van der Waals surface area contributed by atoms with Crippen LogP contribution >= 0.6 is 11.3 Å². The molecule has 1 aromatic rings. The molecule has 5 heteroatoms. The second kappa shape index (κ2) is 6.81. The molecular formula is C18H28N2O2S. The molecule has 0 aromatic carbocycles. The minimum Gasteiger partial charge on any atom is -0.371 e. The number of urea groups is 1.